The van der Waals surface area contributed by atoms with Gasteiger partial charge in [0.2, 0.25) is 10.0 Å². The summed E-state index contributed by atoms with van der Waals surface area (Å²) in [5.41, 5.74) is 0.336. The van der Waals surface area contributed by atoms with Crippen LogP contribution in [0.1, 0.15) is 20.3 Å². The molecule has 0 fully saturated rings. The molecule has 1 atom stereocenters. The van der Waals surface area contributed by atoms with E-state index in [1.165, 1.54) is 25.2 Å². The van der Waals surface area contributed by atoms with Crippen molar-refractivity contribution in [3.8, 4) is 0 Å². The van der Waals surface area contributed by atoms with Gasteiger partial charge in [-0.2, -0.15) is 0 Å². The van der Waals surface area contributed by atoms with Gasteiger partial charge in [0.15, 0.2) is 0 Å². The van der Waals surface area contributed by atoms with Gasteiger partial charge in [-0.05, 0) is 38.1 Å². The molecule has 0 spiro atoms. The largest absolute Gasteiger partial charge is 0.315 e. The predicted octanol–water partition coefficient (Wildman–Crippen LogP) is 1.98. The first-order valence-corrected chi connectivity index (χ1v) is 7.84. The van der Waals surface area contributed by atoms with Gasteiger partial charge in [0.05, 0.1) is 10.9 Å². The lowest BCUT2D eigenvalue weighted by Crippen LogP contribution is -2.40. The van der Waals surface area contributed by atoms with Crippen LogP contribution >= 0.6 is 0 Å². The van der Waals surface area contributed by atoms with E-state index in [0.29, 0.717) is 12.2 Å². The second kappa shape index (κ2) is 6.86. The monoisotopic (exact) mass is 288 g/mol. The highest BCUT2D eigenvalue weighted by Crippen LogP contribution is 2.19. The lowest BCUT2D eigenvalue weighted by molar-refractivity contribution is 0.569. The first-order chi connectivity index (χ1) is 8.89. The highest BCUT2D eigenvalue weighted by atomic mass is 32.2. The van der Waals surface area contributed by atoms with E-state index in [2.05, 4.69) is 5.32 Å². The molecule has 6 heteroatoms. The average molecular weight is 288 g/mol. The van der Waals surface area contributed by atoms with Crippen molar-refractivity contribution in [2.24, 2.45) is 0 Å². The van der Waals surface area contributed by atoms with Gasteiger partial charge in [-0.1, -0.05) is 13.0 Å². The topological polar surface area (TPSA) is 49.4 Å². The quantitative estimate of drug-likeness (QED) is 0.781. The van der Waals surface area contributed by atoms with Crippen molar-refractivity contribution in [3.63, 3.8) is 0 Å². The summed E-state index contributed by atoms with van der Waals surface area (Å²) >= 11 is 0. The van der Waals surface area contributed by atoms with Gasteiger partial charge >= 0.3 is 0 Å². The van der Waals surface area contributed by atoms with Crippen LogP contribution in [0.2, 0.25) is 0 Å². The third kappa shape index (κ3) is 4.18. The molecule has 1 aromatic rings. The van der Waals surface area contributed by atoms with Gasteiger partial charge in [0, 0.05) is 13.6 Å². The number of anilines is 1. The van der Waals surface area contributed by atoms with Gasteiger partial charge in [-0.15, -0.1) is 0 Å². The first-order valence-electron chi connectivity index (χ1n) is 6.33. The fourth-order valence-electron chi connectivity index (χ4n) is 1.68. The molecule has 0 aliphatic rings. The van der Waals surface area contributed by atoms with Crippen LogP contribution in [0.3, 0.4) is 0 Å². The molecule has 0 bridgehead atoms. The van der Waals surface area contributed by atoms with E-state index in [9.17, 15) is 12.8 Å². The number of halogens is 1. The van der Waals surface area contributed by atoms with E-state index >= 15 is 0 Å². The number of hydrogen-bond acceptors (Lipinski definition) is 3. The fraction of sp³-hybridized carbons (Fsp3) is 0.538. The van der Waals surface area contributed by atoms with E-state index in [1.54, 1.807) is 13.0 Å². The summed E-state index contributed by atoms with van der Waals surface area (Å²) in [6.45, 7) is 4.83. The highest BCUT2D eigenvalue weighted by Gasteiger charge is 2.26. The molecule has 4 nitrogen and oxygen atoms in total. The van der Waals surface area contributed by atoms with Crippen molar-refractivity contribution < 1.29 is 12.8 Å². The molecule has 1 N–H and O–H groups in total. The molecule has 1 aromatic carbocycles. The van der Waals surface area contributed by atoms with Crippen LogP contribution in [0.4, 0.5) is 10.1 Å². The van der Waals surface area contributed by atoms with Crippen molar-refractivity contribution in [1.82, 2.24) is 5.32 Å². The average Bonchev–Trinajstić information content (AvgIpc) is 2.37. The van der Waals surface area contributed by atoms with Crippen LogP contribution in [-0.2, 0) is 10.0 Å². The van der Waals surface area contributed by atoms with Gasteiger partial charge in [-0.3, -0.25) is 4.31 Å². The van der Waals surface area contributed by atoms with Crippen molar-refractivity contribution in [3.05, 3.63) is 30.1 Å². The Morgan fingerprint density at radius 3 is 2.68 bits per heavy atom. The smallest absolute Gasteiger partial charge is 0.238 e. The van der Waals surface area contributed by atoms with Crippen LogP contribution in [0.25, 0.3) is 0 Å². The summed E-state index contributed by atoms with van der Waals surface area (Å²) in [7, 11) is -2.04. The summed E-state index contributed by atoms with van der Waals surface area (Å²) in [4.78, 5) is 0. The van der Waals surface area contributed by atoms with Gasteiger partial charge in [0.25, 0.3) is 0 Å². The Morgan fingerprint density at radius 1 is 1.42 bits per heavy atom. The number of benzene rings is 1. The lowest BCUT2D eigenvalue weighted by atomic mass is 10.3. The molecule has 0 amide bonds. The van der Waals surface area contributed by atoms with Crippen LogP contribution in [0.5, 0.6) is 0 Å². The maximum absolute atomic E-state index is 13.1. The molecule has 1 unspecified atom stereocenters. The molecule has 19 heavy (non-hydrogen) atoms. The Hall–Kier alpha value is -1.14. The standard InChI is InChI=1S/C13H21FN2O2S/c1-4-8-15-10-11(2)19(17,18)16(3)13-7-5-6-12(14)9-13/h5-7,9,11,15H,4,8,10H2,1-3H3. The molecule has 0 aliphatic carbocycles. The van der Waals surface area contributed by atoms with Crippen molar-refractivity contribution in [2.45, 2.75) is 25.5 Å². The second-order valence-electron chi connectivity index (χ2n) is 4.51. The SMILES string of the molecule is CCCNCC(C)S(=O)(=O)N(C)c1cccc(F)c1. The summed E-state index contributed by atoms with van der Waals surface area (Å²) in [6.07, 6.45) is 0.951. The third-order valence-corrected chi connectivity index (χ3v) is 5.08. The zero-order chi connectivity index (χ0) is 14.5. The lowest BCUT2D eigenvalue weighted by Gasteiger charge is -2.24. The third-order valence-electron chi connectivity index (χ3n) is 2.92. The Bertz CT molecular complexity index is 505. The van der Waals surface area contributed by atoms with E-state index in [4.69, 9.17) is 0 Å². The molecule has 0 saturated carbocycles. The molecule has 0 aromatic heterocycles. The first kappa shape index (κ1) is 15.9. The molecule has 0 aliphatic heterocycles. The van der Waals surface area contributed by atoms with Crippen LogP contribution in [0.15, 0.2) is 24.3 Å². The maximum Gasteiger partial charge on any atom is 0.238 e. The Morgan fingerprint density at radius 2 is 2.11 bits per heavy atom. The molecular formula is C13H21FN2O2S. The van der Waals surface area contributed by atoms with Crippen molar-refractivity contribution in [1.29, 1.82) is 0 Å². The van der Waals surface area contributed by atoms with Crippen molar-refractivity contribution >= 4 is 15.7 Å². The Balaban J connectivity index is 2.81. The summed E-state index contributed by atoms with van der Waals surface area (Å²) in [6, 6.07) is 5.57. The summed E-state index contributed by atoms with van der Waals surface area (Å²) in [5.74, 6) is -0.448. The van der Waals surface area contributed by atoms with E-state index < -0.39 is 21.1 Å². The normalized spacial score (nSPS) is 13.3. The number of nitrogens with one attached hydrogen (secondary N) is 1. The second-order valence-corrected chi connectivity index (χ2v) is 6.89. The minimum absolute atomic E-state index is 0.336. The Labute approximate surface area is 114 Å². The molecule has 0 radical (unpaired) electrons. The van der Waals surface area contributed by atoms with Gasteiger partial charge in [0.1, 0.15) is 5.82 Å². The zero-order valence-electron chi connectivity index (χ0n) is 11.6. The fourth-order valence-corrected chi connectivity index (χ4v) is 2.95. The molecule has 0 heterocycles. The van der Waals surface area contributed by atoms with E-state index in [-0.39, 0.29) is 0 Å². The number of rotatable bonds is 7. The van der Waals surface area contributed by atoms with E-state index in [0.717, 1.165) is 17.3 Å². The van der Waals surface area contributed by atoms with E-state index in [1.807, 2.05) is 6.92 Å². The Kier molecular flexibility index (Phi) is 5.75. The van der Waals surface area contributed by atoms with Crippen LogP contribution in [0, 0.1) is 5.82 Å². The summed E-state index contributed by atoms with van der Waals surface area (Å²) in [5, 5.41) is 2.52. The van der Waals surface area contributed by atoms with Crippen LogP contribution in [-0.4, -0.2) is 33.8 Å². The van der Waals surface area contributed by atoms with Crippen molar-refractivity contribution in [2.75, 3.05) is 24.4 Å². The minimum Gasteiger partial charge on any atom is -0.315 e. The molecule has 1 rings (SSSR count). The molecular weight excluding hydrogens is 267 g/mol. The number of hydrogen-bond donors (Lipinski definition) is 1. The predicted molar refractivity (Wildman–Crippen MR) is 76.3 cm³/mol. The number of sulfonamides is 1. The van der Waals surface area contributed by atoms with Crippen LogP contribution < -0.4 is 9.62 Å². The maximum atomic E-state index is 13.1. The van der Waals surface area contributed by atoms with Gasteiger partial charge in [-0.25, -0.2) is 12.8 Å². The number of nitrogens with zero attached hydrogens (tertiary/aromatic N) is 1. The molecule has 108 valence electrons. The highest BCUT2D eigenvalue weighted by molar-refractivity contribution is 7.93. The summed E-state index contributed by atoms with van der Waals surface area (Å²) < 4.78 is 38.9. The van der Waals surface area contributed by atoms with Gasteiger partial charge < -0.3 is 5.32 Å². The zero-order valence-corrected chi connectivity index (χ0v) is 12.4. The molecule has 0 saturated heterocycles. The minimum atomic E-state index is -3.49.